The predicted octanol–water partition coefficient (Wildman–Crippen LogP) is 3.34. The zero-order valence-corrected chi connectivity index (χ0v) is 16.1. The van der Waals surface area contributed by atoms with Crippen LogP contribution in [0.1, 0.15) is 23.6 Å². The summed E-state index contributed by atoms with van der Waals surface area (Å²) in [6.07, 6.45) is 2.01. The van der Waals surface area contributed by atoms with Crippen molar-refractivity contribution in [3.63, 3.8) is 0 Å². The number of amides is 1. The Morgan fingerprint density at radius 3 is 2.60 bits per heavy atom. The number of aromatic nitrogens is 3. The first-order valence-corrected chi connectivity index (χ1v) is 9.77. The molecule has 7 heteroatoms. The number of halogens is 1. The molecular formula is C23H19FN4O2. The van der Waals surface area contributed by atoms with E-state index in [-0.39, 0.29) is 23.2 Å². The van der Waals surface area contributed by atoms with Gasteiger partial charge in [-0.3, -0.25) is 14.7 Å². The zero-order valence-electron chi connectivity index (χ0n) is 16.1. The van der Waals surface area contributed by atoms with Gasteiger partial charge < -0.3 is 4.90 Å². The van der Waals surface area contributed by atoms with Gasteiger partial charge in [0.05, 0.1) is 5.69 Å². The van der Waals surface area contributed by atoms with Gasteiger partial charge in [0.1, 0.15) is 5.82 Å². The van der Waals surface area contributed by atoms with Crippen molar-refractivity contribution in [1.29, 1.82) is 0 Å². The smallest absolute Gasteiger partial charge is 0.272 e. The third kappa shape index (κ3) is 3.28. The van der Waals surface area contributed by atoms with Gasteiger partial charge in [-0.1, -0.05) is 42.5 Å². The highest BCUT2D eigenvalue weighted by atomic mass is 19.1. The normalized spacial score (nSPS) is 16.5. The second kappa shape index (κ2) is 7.26. The molecule has 4 aromatic rings. The van der Waals surface area contributed by atoms with Crippen LogP contribution in [0.4, 0.5) is 4.39 Å². The molecule has 1 aliphatic heterocycles. The maximum atomic E-state index is 13.3. The summed E-state index contributed by atoms with van der Waals surface area (Å²) in [5.41, 5.74) is 3.37. The number of rotatable bonds is 4. The number of nitrogens with zero attached hydrogens (tertiary/aromatic N) is 3. The van der Waals surface area contributed by atoms with Crippen LogP contribution in [0.3, 0.4) is 0 Å². The predicted molar refractivity (Wildman–Crippen MR) is 110 cm³/mol. The number of nitrogens with one attached hydrogen (secondary N) is 1. The van der Waals surface area contributed by atoms with Crippen LogP contribution in [0, 0.1) is 5.82 Å². The van der Waals surface area contributed by atoms with Gasteiger partial charge in [-0.2, -0.15) is 0 Å². The Morgan fingerprint density at radius 2 is 1.83 bits per heavy atom. The van der Waals surface area contributed by atoms with Crippen molar-refractivity contribution in [2.75, 3.05) is 6.54 Å². The average molecular weight is 402 g/mol. The molecule has 1 N–H and O–H groups in total. The number of carbonyl (C=O) groups excluding carboxylic acids is 1. The van der Waals surface area contributed by atoms with Gasteiger partial charge >= 0.3 is 0 Å². The van der Waals surface area contributed by atoms with Crippen LogP contribution < -0.4 is 5.56 Å². The average Bonchev–Trinajstić information content (AvgIpc) is 3.34. The first-order chi connectivity index (χ1) is 14.6. The highest BCUT2D eigenvalue weighted by Gasteiger charge is 2.32. The molecule has 0 saturated carbocycles. The van der Waals surface area contributed by atoms with Gasteiger partial charge in [0.2, 0.25) is 5.91 Å². The van der Waals surface area contributed by atoms with Gasteiger partial charge in [0.15, 0.2) is 5.65 Å². The van der Waals surface area contributed by atoms with Gasteiger partial charge in [-0.25, -0.2) is 13.9 Å². The van der Waals surface area contributed by atoms with Crippen molar-refractivity contribution in [3.8, 4) is 11.1 Å². The molecule has 0 bridgehead atoms. The molecular weight excluding hydrogens is 383 g/mol. The van der Waals surface area contributed by atoms with E-state index in [0.29, 0.717) is 36.4 Å². The molecule has 1 amide bonds. The number of aromatic amines is 1. The van der Waals surface area contributed by atoms with Crippen LogP contribution in [0.5, 0.6) is 0 Å². The quantitative estimate of drug-likeness (QED) is 0.569. The van der Waals surface area contributed by atoms with Gasteiger partial charge in [0.25, 0.3) is 5.56 Å². The standard InChI is InChI=1S/C23H19FN4O2/c24-18-8-6-16(7-9-18)19-12-25-28-22(30)11-20(26-23(19)28)17-10-21(29)27(14-17)13-15-4-2-1-3-5-15/h1-9,11-12,17,25H,10,13-14H2/t17-/m1/s1. The van der Waals surface area contributed by atoms with E-state index in [9.17, 15) is 14.0 Å². The van der Waals surface area contributed by atoms with E-state index in [0.717, 1.165) is 11.1 Å². The maximum absolute atomic E-state index is 13.3. The number of carbonyl (C=O) groups is 1. The lowest BCUT2D eigenvalue weighted by atomic mass is 10.0. The largest absolute Gasteiger partial charge is 0.338 e. The van der Waals surface area contributed by atoms with Crippen LogP contribution in [-0.2, 0) is 11.3 Å². The first kappa shape index (κ1) is 18.3. The number of fused-ring (bicyclic) bond motifs is 1. The Hall–Kier alpha value is -3.74. The Labute approximate surface area is 171 Å². The van der Waals surface area contributed by atoms with E-state index in [1.165, 1.54) is 22.7 Å². The molecule has 1 atom stereocenters. The highest BCUT2D eigenvalue weighted by molar-refractivity contribution is 5.80. The summed E-state index contributed by atoms with van der Waals surface area (Å²) in [6, 6.07) is 17.4. The molecule has 0 spiro atoms. The summed E-state index contributed by atoms with van der Waals surface area (Å²) in [5, 5.41) is 2.91. The molecule has 1 saturated heterocycles. The van der Waals surface area contributed by atoms with Crippen molar-refractivity contribution < 1.29 is 9.18 Å². The molecule has 0 aliphatic carbocycles. The summed E-state index contributed by atoms with van der Waals surface area (Å²) < 4.78 is 14.7. The van der Waals surface area contributed by atoms with E-state index >= 15 is 0 Å². The SMILES string of the molecule is O=C1C[C@@H](c2cc(=O)n3[nH]cc(-c4ccc(F)cc4)c3n2)CN1Cc1ccccc1. The van der Waals surface area contributed by atoms with Crippen LogP contribution in [0.25, 0.3) is 16.8 Å². The molecule has 5 rings (SSSR count). The van der Waals surface area contributed by atoms with Crippen LogP contribution >= 0.6 is 0 Å². The highest BCUT2D eigenvalue weighted by Crippen LogP contribution is 2.29. The zero-order chi connectivity index (χ0) is 20.7. The molecule has 30 heavy (non-hydrogen) atoms. The Bertz CT molecular complexity index is 1280. The van der Waals surface area contributed by atoms with Gasteiger partial charge in [0, 0.05) is 43.3 Å². The monoisotopic (exact) mass is 402 g/mol. The summed E-state index contributed by atoms with van der Waals surface area (Å²) in [6.45, 7) is 1.06. The molecule has 0 unspecified atom stereocenters. The van der Waals surface area contributed by atoms with Crippen LogP contribution in [-0.4, -0.2) is 31.9 Å². The lowest BCUT2D eigenvalue weighted by Gasteiger charge is -2.16. The fraction of sp³-hybridized carbons (Fsp3) is 0.174. The minimum Gasteiger partial charge on any atom is -0.338 e. The van der Waals surface area contributed by atoms with Crippen LogP contribution in [0.15, 0.2) is 71.7 Å². The lowest BCUT2D eigenvalue weighted by Crippen LogP contribution is -2.24. The minimum absolute atomic E-state index is 0.0543. The summed E-state index contributed by atoms with van der Waals surface area (Å²) in [5.74, 6) is -0.416. The third-order valence-electron chi connectivity index (χ3n) is 5.52. The van der Waals surface area contributed by atoms with Gasteiger partial charge in [-0.05, 0) is 23.3 Å². The van der Waals surface area contributed by atoms with E-state index in [4.69, 9.17) is 4.98 Å². The number of hydrogen-bond acceptors (Lipinski definition) is 3. The van der Waals surface area contributed by atoms with E-state index in [1.54, 1.807) is 18.3 Å². The molecule has 1 fully saturated rings. The molecule has 2 aromatic heterocycles. The summed E-state index contributed by atoms with van der Waals surface area (Å²) >= 11 is 0. The van der Waals surface area contributed by atoms with Crippen molar-refractivity contribution in [3.05, 3.63) is 94.3 Å². The fourth-order valence-electron chi connectivity index (χ4n) is 3.98. The molecule has 0 radical (unpaired) electrons. The van der Waals surface area contributed by atoms with E-state index in [1.807, 2.05) is 35.2 Å². The fourth-order valence-corrected chi connectivity index (χ4v) is 3.98. The van der Waals surface area contributed by atoms with E-state index < -0.39 is 0 Å². The number of H-pyrrole nitrogens is 1. The maximum Gasteiger partial charge on any atom is 0.272 e. The Kier molecular flexibility index (Phi) is 4.43. The molecule has 2 aromatic carbocycles. The van der Waals surface area contributed by atoms with Crippen molar-refractivity contribution in [1.82, 2.24) is 19.5 Å². The molecule has 6 nitrogen and oxygen atoms in total. The van der Waals surface area contributed by atoms with Gasteiger partial charge in [-0.15, -0.1) is 0 Å². The first-order valence-electron chi connectivity index (χ1n) is 9.77. The van der Waals surface area contributed by atoms with Crippen molar-refractivity contribution in [2.24, 2.45) is 0 Å². The third-order valence-corrected chi connectivity index (χ3v) is 5.52. The van der Waals surface area contributed by atoms with Crippen LogP contribution in [0.2, 0.25) is 0 Å². The second-order valence-electron chi connectivity index (χ2n) is 7.53. The number of benzene rings is 2. The van der Waals surface area contributed by atoms with E-state index in [2.05, 4.69) is 5.10 Å². The lowest BCUT2D eigenvalue weighted by molar-refractivity contribution is -0.128. The number of hydrogen-bond donors (Lipinski definition) is 1. The second-order valence-corrected chi connectivity index (χ2v) is 7.53. The summed E-state index contributed by atoms with van der Waals surface area (Å²) in [4.78, 5) is 31.7. The topological polar surface area (TPSA) is 70.5 Å². The van der Waals surface area contributed by atoms with Crippen molar-refractivity contribution in [2.45, 2.75) is 18.9 Å². The summed E-state index contributed by atoms with van der Waals surface area (Å²) in [7, 11) is 0. The minimum atomic E-state index is -0.326. The molecule has 3 heterocycles. The molecule has 1 aliphatic rings. The van der Waals surface area contributed by atoms with Crippen molar-refractivity contribution >= 4 is 11.6 Å². The molecule has 150 valence electrons. The Balaban J connectivity index is 1.47. The Morgan fingerprint density at radius 1 is 1.07 bits per heavy atom. The number of likely N-dealkylation sites (tertiary alicyclic amines) is 1.